The predicted molar refractivity (Wildman–Crippen MR) is 84.2 cm³/mol. The molecule has 2 aromatic rings. The standard InChI is InChI=1S/C11H15N.C7H8/c1-3-10(8-12)11-6-4-9(2)5-7-11;1-7-5-3-2-4-6-7/h4-8,10,12H,3H2,1-2H3;2-6H,1H3. The van der Waals surface area contributed by atoms with Gasteiger partial charge in [-0.25, -0.2) is 0 Å². The van der Waals surface area contributed by atoms with Crippen molar-refractivity contribution in [2.24, 2.45) is 0 Å². The summed E-state index contributed by atoms with van der Waals surface area (Å²) in [5.74, 6) is 0.297. The summed E-state index contributed by atoms with van der Waals surface area (Å²) in [5.41, 5.74) is 3.85. The Balaban J connectivity index is 0.000000218. The van der Waals surface area contributed by atoms with Gasteiger partial charge < -0.3 is 5.41 Å². The largest absolute Gasteiger partial charge is 0.312 e. The zero-order valence-corrected chi connectivity index (χ0v) is 12.1. The normalized spacial score (nSPS) is 11.1. The van der Waals surface area contributed by atoms with E-state index in [-0.39, 0.29) is 0 Å². The molecule has 1 heteroatoms. The van der Waals surface area contributed by atoms with E-state index in [0.29, 0.717) is 5.92 Å². The minimum atomic E-state index is 0.297. The van der Waals surface area contributed by atoms with Crippen molar-refractivity contribution >= 4 is 6.21 Å². The number of aryl methyl sites for hydroxylation is 2. The quantitative estimate of drug-likeness (QED) is 0.733. The van der Waals surface area contributed by atoms with Gasteiger partial charge in [0.25, 0.3) is 0 Å². The van der Waals surface area contributed by atoms with E-state index in [0.717, 1.165) is 6.42 Å². The number of benzene rings is 2. The second-order valence-electron chi connectivity index (χ2n) is 4.75. The number of rotatable bonds is 3. The van der Waals surface area contributed by atoms with E-state index in [1.807, 2.05) is 18.2 Å². The molecule has 0 aliphatic carbocycles. The maximum atomic E-state index is 7.23. The summed E-state index contributed by atoms with van der Waals surface area (Å²) in [6.07, 6.45) is 2.53. The van der Waals surface area contributed by atoms with Gasteiger partial charge >= 0.3 is 0 Å². The lowest BCUT2D eigenvalue weighted by Crippen LogP contribution is -1.97. The van der Waals surface area contributed by atoms with E-state index in [1.54, 1.807) is 0 Å². The molecule has 0 amide bonds. The van der Waals surface area contributed by atoms with Crippen LogP contribution in [0.5, 0.6) is 0 Å². The number of nitrogens with one attached hydrogen (secondary N) is 1. The molecule has 0 saturated carbocycles. The Morgan fingerprint density at radius 1 is 0.895 bits per heavy atom. The molecule has 0 aromatic heterocycles. The average Bonchev–Trinajstić information content (AvgIpc) is 2.44. The third-order valence-corrected chi connectivity index (χ3v) is 3.09. The Labute approximate surface area is 116 Å². The lowest BCUT2D eigenvalue weighted by molar-refractivity contribution is 0.854. The second kappa shape index (κ2) is 8.25. The average molecular weight is 253 g/mol. The first-order chi connectivity index (χ1) is 9.17. The summed E-state index contributed by atoms with van der Waals surface area (Å²) < 4.78 is 0. The van der Waals surface area contributed by atoms with Crippen LogP contribution in [0.4, 0.5) is 0 Å². The van der Waals surface area contributed by atoms with Crippen LogP contribution in [-0.2, 0) is 0 Å². The molecule has 0 aliphatic rings. The smallest absolute Gasteiger partial charge is 0.0183 e. The van der Waals surface area contributed by atoms with E-state index in [1.165, 1.54) is 22.9 Å². The Kier molecular flexibility index (Phi) is 6.59. The van der Waals surface area contributed by atoms with Gasteiger partial charge in [0.15, 0.2) is 0 Å². The van der Waals surface area contributed by atoms with Crippen molar-refractivity contribution < 1.29 is 0 Å². The second-order valence-corrected chi connectivity index (χ2v) is 4.75. The van der Waals surface area contributed by atoms with Crippen LogP contribution in [0.3, 0.4) is 0 Å². The van der Waals surface area contributed by atoms with Crippen molar-refractivity contribution in [2.75, 3.05) is 0 Å². The van der Waals surface area contributed by atoms with Gasteiger partial charge in [-0.3, -0.25) is 0 Å². The lowest BCUT2D eigenvalue weighted by atomic mass is 9.97. The Morgan fingerprint density at radius 2 is 1.42 bits per heavy atom. The summed E-state index contributed by atoms with van der Waals surface area (Å²) in [6, 6.07) is 18.7. The molecule has 0 radical (unpaired) electrons. The molecule has 19 heavy (non-hydrogen) atoms. The van der Waals surface area contributed by atoms with Crippen LogP contribution in [-0.4, -0.2) is 6.21 Å². The van der Waals surface area contributed by atoms with Gasteiger partial charge in [-0.15, -0.1) is 0 Å². The molecule has 2 aromatic carbocycles. The molecule has 0 heterocycles. The molecule has 1 unspecified atom stereocenters. The molecule has 0 fully saturated rings. The molecule has 1 nitrogen and oxygen atoms in total. The number of hydrogen-bond acceptors (Lipinski definition) is 1. The zero-order chi connectivity index (χ0) is 14.1. The maximum Gasteiger partial charge on any atom is 0.0183 e. The summed E-state index contributed by atoms with van der Waals surface area (Å²) in [4.78, 5) is 0. The highest BCUT2D eigenvalue weighted by Gasteiger charge is 2.03. The van der Waals surface area contributed by atoms with Crippen molar-refractivity contribution in [3.05, 3.63) is 71.3 Å². The van der Waals surface area contributed by atoms with Gasteiger partial charge in [-0.05, 0) is 25.8 Å². The number of hydrogen-bond donors (Lipinski definition) is 1. The van der Waals surface area contributed by atoms with Crippen LogP contribution < -0.4 is 0 Å². The van der Waals surface area contributed by atoms with Gasteiger partial charge in [-0.1, -0.05) is 72.6 Å². The monoisotopic (exact) mass is 253 g/mol. The topological polar surface area (TPSA) is 23.9 Å². The van der Waals surface area contributed by atoms with Gasteiger partial charge in [0.05, 0.1) is 0 Å². The van der Waals surface area contributed by atoms with Crippen LogP contribution >= 0.6 is 0 Å². The molecule has 0 saturated heterocycles. The van der Waals surface area contributed by atoms with Crippen LogP contribution in [0.15, 0.2) is 54.6 Å². The third-order valence-electron chi connectivity index (χ3n) is 3.09. The van der Waals surface area contributed by atoms with Gasteiger partial charge in [0.2, 0.25) is 0 Å². The molecule has 1 atom stereocenters. The van der Waals surface area contributed by atoms with Crippen LogP contribution in [0.25, 0.3) is 0 Å². The molecular weight excluding hydrogens is 230 g/mol. The van der Waals surface area contributed by atoms with Crippen LogP contribution in [0, 0.1) is 19.3 Å². The molecule has 0 bridgehead atoms. The Morgan fingerprint density at radius 3 is 1.79 bits per heavy atom. The highest BCUT2D eigenvalue weighted by atomic mass is 14.3. The highest BCUT2D eigenvalue weighted by molar-refractivity contribution is 5.64. The van der Waals surface area contributed by atoms with E-state index in [2.05, 4.69) is 57.2 Å². The highest BCUT2D eigenvalue weighted by Crippen LogP contribution is 2.17. The molecular formula is C18H23N. The maximum absolute atomic E-state index is 7.23. The van der Waals surface area contributed by atoms with Crippen LogP contribution in [0.1, 0.15) is 36.0 Å². The van der Waals surface area contributed by atoms with Crippen molar-refractivity contribution in [3.8, 4) is 0 Å². The molecule has 0 spiro atoms. The lowest BCUT2D eigenvalue weighted by Gasteiger charge is -2.08. The molecule has 0 aliphatic heterocycles. The van der Waals surface area contributed by atoms with Gasteiger partial charge in [0, 0.05) is 12.1 Å². The Bertz CT molecular complexity index is 471. The van der Waals surface area contributed by atoms with Crippen molar-refractivity contribution in [2.45, 2.75) is 33.1 Å². The van der Waals surface area contributed by atoms with E-state index < -0.39 is 0 Å². The van der Waals surface area contributed by atoms with E-state index in [4.69, 9.17) is 5.41 Å². The van der Waals surface area contributed by atoms with Gasteiger partial charge in [0.1, 0.15) is 0 Å². The first-order valence-corrected chi connectivity index (χ1v) is 6.76. The minimum Gasteiger partial charge on any atom is -0.312 e. The molecule has 1 N–H and O–H groups in total. The third kappa shape index (κ3) is 5.52. The van der Waals surface area contributed by atoms with Crippen molar-refractivity contribution in [1.29, 1.82) is 5.41 Å². The SMILES string of the molecule is CCC(C=N)c1ccc(C)cc1.Cc1ccccc1. The first kappa shape index (κ1) is 15.2. The fraction of sp³-hybridized carbons (Fsp3) is 0.278. The zero-order valence-electron chi connectivity index (χ0n) is 12.1. The fourth-order valence-corrected chi connectivity index (χ4v) is 1.80. The summed E-state index contributed by atoms with van der Waals surface area (Å²) in [6.45, 7) is 6.27. The summed E-state index contributed by atoms with van der Waals surface area (Å²) in [5, 5.41) is 7.23. The van der Waals surface area contributed by atoms with Gasteiger partial charge in [-0.2, -0.15) is 0 Å². The minimum absolute atomic E-state index is 0.297. The van der Waals surface area contributed by atoms with E-state index >= 15 is 0 Å². The molecule has 100 valence electrons. The van der Waals surface area contributed by atoms with Crippen molar-refractivity contribution in [3.63, 3.8) is 0 Å². The summed E-state index contributed by atoms with van der Waals surface area (Å²) in [7, 11) is 0. The predicted octanol–water partition coefficient (Wildman–Crippen LogP) is 5.13. The fourth-order valence-electron chi connectivity index (χ4n) is 1.80. The van der Waals surface area contributed by atoms with E-state index in [9.17, 15) is 0 Å². The summed E-state index contributed by atoms with van der Waals surface area (Å²) >= 11 is 0. The Hall–Kier alpha value is -1.89. The van der Waals surface area contributed by atoms with Crippen LogP contribution in [0.2, 0.25) is 0 Å². The molecule has 2 rings (SSSR count). The first-order valence-electron chi connectivity index (χ1n) is 6.76. The van der Waals surface area contributed by atoms with Crippen molar-refractivity contribution in [1.82, 2.24) is 0 Å².